The first-order valence-electron chi connectivity index (χ1n) is 8.02. The fourth-order valence-electron chi connectivity index (χ4n) is 3.05. The predicted molar refractivity (Wildman–Crippen MR) is 85.5 cm³/mol. The Kier molecular flexibility index (Phi) is 5.22. The van der Waals surface area contributed by atoms with Gasteiger partial charge in [0.2, 0.25) is 5.91 Å². The molecule has 2 aliphatic rings. The van der Waals surface area contributed by atoms with Gasteiger partial charge in [-0.2, -0.15) is 0 Å². The molecule has 1 unspecified atom stereocenters. The van der Waals surface area contributed by atoms with Gasteiger partial charge in [0.05, 0.1) is 11.7 Å². The molecule has 3 heterocycles. The minimum absolute atomic E-state index is 0.0480. The summed E-state index contributed by atoms with van der Waals surface area (Å²) in [6, 6.07) is -0.0480. The Balaban J connectivity index is 1.50. The van der Waals surface area contributed by atoms with Crippen molar-refractivity contribution in [3.8, 4) is 0 Å². The number of rotatable bonds is 4. The lowest BCUT2D eigenvalue weighted by Gasteiger charge is -2.25. The lowest BCUT2D eigenvalue weighted by molar-refractivity contribution is -0.118. The number of likely N-dealkylation sites (tertiary alicyclic amines) is 1. The Hall–Kier alpha value is -0.980. The number of nitrogens with zero attached hydrogens (tertiary/aromatic N) is 2. The van der Waals surface area contributed by atoms with Crippen LogP contribution in [-0.2, 0) is 11.3 Å². The first kappa shape index (κ1) is 14.9. The molecular formula is C15H24N4OS. The van der Waals surface area contributed by atoms with Crippen LogP contribution in [0.5, 0.6) is 0 Å². The fourth-order valence-corrected chi connectivity index (χ4v) is 3.76. The van der Waals surface area contributed by atoms with E-state index in [4.69, 9.17) is 0 Å². The molecule has 1 aromatic rings. The van der Waals surface area contributed by atoms with Crippen LogP contribution in [0.25, 0.3) is 0 Å². The lowest BCUT2D eigenvalue weighted by atomic mass is 10.0. The van der Waals surface area contributed by atoms with Crippen LogP contribution in [0.2, 0.25) is 0 Å². The van der Waals surface area contributed by atoms with Crippen LogP contribution in [0.3, 0.4) is 0 Å². The Morgan fingerprint density at radius 2 is 2.19 bits per heavy atom. The van der Waals surface area contributed by atoms with Crippen molar-refractivity contribution < 1.29 is 4.79 Å². The van der Waals surface area contributed by atoms with Gasteiger partial charge in [-0.3, -0.25) is 9.69 Å². The number of carbonyl (C=O) groups is 1. The van der Waals surface area contributed by atoms with Crippen LogP contribution in [0.1, 0.15) is 44.2 Å². The highest BCUT2D eigenvalue weighted by atomic mass is 32.1. The van der Waals surface area contributed by atoms with Gasteiger partial charge in [-0.15, -0.1) is 11.3 Å². The van der Waals surface area contributed by atoms with Gasteiger partial charge in [0, 0.05) is 11.9 Å². The second-order valence-corrected chi connectivity index (χ2v) is 6.83. The Bertz CT molecular complexity index is 464. The van der Waals surface area contributed by atoms with Gasteiger partial charge in [-0.25, -0.2) is 4.98 Å². The molecule has 6 heteroatoms. The van der Waals surface area contributed by atoms with Crippen molar-refractivity contribution in [1.82, 2.24) is 15.2 Å². The van der Waals surface area contributed by atoms with Crippen molar-refractivity contribution in [3.05, 3.63) is 11.1 Å². The molecule has 1 amide bonds. The second kappa shape index (κ2) is 7.33. The van der Waals surface area contributed by atoms with Crippen LogP contribution in [-0.4, -0.2) is 41.5 Å². The number of piperidine rings is 2. The molecule has 2 N–H and O–H groups in total. The summed E-state index contributed by atoms with van der Waals surface area (Å²) in [5.41, 5.74) is 1.08. The quantitative estimate of drug-likeness (QED) is 0.895. The summed E-state index contributed by atoms with van der Waals surface area (Å²) in [5, 5.41) is 9.03. The van der Waals surface area contributed by atoms with Gasteiger partial charge >= 0.3 is 0 Å². The summed E-state index contributed by atoms with van der Waals surface area (Å²) in [7, 11) is 0. The molecule has 2 saturated heterocycles. The van der Waals surface area contributed by atoms with E-state index in [0.717, 1.165) is 36.8 Å². The third-order valence-corrected chi connectivity index (χ3v) is 5.05. The van der Waals surface area contributed by atoms with Crippen molar-refractivity contribution >= 4 is 22.4 Å². The maximum absolute atomic E-state index is 12.1. The Morgan fingerprint density at radius 1 is 1.33 bits per heavy atom. The van der Waals surface area contributed by atoms with Crippen LogP contribution >= 0.6 is 11.3 Å². The van der Waals surface area contributed by atoms with Crippen molar-refractivity contribution in [2.24, 2.45) is 0 Å². The fraction of sp³-hybridized carbons (Fsp3) is 0.733. The minimum atomic E-state index is -0.0480. The zero-order chi connectivity index (χ0) is 14.5. The van der Waals surface area contributed by atoms with Gasteiger partial charge in [0.25, 0.3) is 0 Å². The average Bonchev–Trinajstić information content (AvgIpc) is 2.96. The SMILES string of the molecule is O=C(Nc1nc(CN2CCCCC2)cs1)C1CCCCN1. The normalized spacial score (nSPS) is 23.9. The number of hydrogen-bond acceptors (Lipinski definition) is 5. The molecule has 0 spiro atoms. The highest BCUT2D eigenvalue weighted by molar-refractivity contribution is 7.13. The van der Waals surface area contributed by atoms with Gasteiger partial charge in [-0.05, 0) is 45.3 Å². The number of nitrogens with one attached hydrogen (secondary N) is 2. The third-order valence-electron chi connectivity index (χ3n) is 4.24. The highest BCUT2D eigenvalue weighted by Crippen LogP contribution is 2.19. The van der Waals surface area contributed by atoms with E-state index < -0.39 is 0 Å². The smallest absolute Gasteiger partial charge is 0.243 e. The topological polar surface area (TPSA) is 57.3 Å². The second-order valence-electron chi connectivity index (χ2n) is 5.97. The Morgan fingerprint density at radius 3 is 2.95 bits per heavy atom. The molecule has 0 radical (unpaired) electrons. The lowest BCUT2D eigenvalue weighted by Crippen LogP contribution is -2.43. The van der Waals surface area contributed by atoms with E-state index in [0.29, 0.717) is 0 Å². The standard InChI is InChI=1S/C15H24N4OS/c20-14(13-6-2-3-7-16-13)18-15-17-12(11-21-15)10-19-8-4-1-5-9-19/h11,13,16H,1-10H2,(H,17,18,20). The van der Waals surface area contributed by atoms with Crippen LogP contribution in [0.4, 0.5) is 5.13 Å². The molecule has 21 heavy (non-hydrogen) atoms. The largest absolute Gasteiger partial charge is 0.306 e. The predicted octanol–water partition coefficient (Wildman–Crippen LogP) is 2.21. The summed E-state index contributed by atoms with van der Waals surface area (Å²) < 4.78 is 0. The van der Waals surface area contributed by atoms with Crippen molar-refractivity contribution in [2.45, 2.75) is 51.1 Å². The maximum atomic E-state index is 12.1. The average molecular weight is 308 g/mol. The van der Waals surface area contributed by atoms with Gasteiger partial charge < -0.3 is 10.6 Å². The molecule has 116 valence electrons. The molecule has 0 bridgehead atoms. The van der Waals surface area contributed by atoms with E-state index in [1.807, 2.05) is 0 Å². The molecule has 5 nitrogen and oxygen atoms in total. The number of carbonyl (C=O) groups excluding carboxylic acids is 1. The van der Waals surface area contributed by atoms with Crippen LogP contribution in [0, 0.1) is 0 Å². The highest BCUT2D eigenvalue weighted by Gasteiger charge is 2.21. The first-order valence-corrected chi connectivity index (χ1v) is 8.90. The Labute approximate surface area is 130 Å². The number of anilines is 1. The molecule has 1 atom stereocenters. The number of hydrogen-bond donors (Lipinski definition) is 2. The summed E-state index contributed by atoms with van der Waals surface area (Å²) in [6.07, 6.45) is 7.16. The zero-order valence-electron chi connectivity index (χ0n) is 12.4. The van der Waals surface area contributed by atoms with E-state index in [2.05, 4.69) is 25.9 Å². The molecule has 3 rings (SSSR count). The van der Waals surface area contributed by atoms with Gasteiger partial charge in [-0.1, -0.05) is 12.8 Å². The molecule has 1 aromatic heterocycles. The van der Waals surface area contributed by atoms with Gasteiger partial charge in [0.1, 0.15) is 0 Å². The van der Waals surface area contributed by atoms with Crippen molar-refractivity contribution in [3.63, 3.8) is 0 Å². The molecule has 2 fully saturated rings. The summed E-state index contributed by atoms with van der Waals surface area (Å²) in [6.45, 7) is 4.20. The summed E-state index contributed by atoms with van der Waals surface area (Å²) in [4.78, 5) is 19.2. The molecule has 0 saturated carbocycles. The monoisotopic (exact) mass is 308 g/mol. The van der Waals surface area contributed by atoms with E-state index in [-0.39, 0.29) is 11.9 Å². The van der Waals surface area contributed by atoms with Crippen LogP contribution in [0.15, 0.2) is 5.38 Å². The molecule has 0 aromatic carbocycles. The van der Waals surface area contributed by atoms with Gasteiger partial charge in [0.15, 0.2) is 5.13 Å². The molecular weight excluding hydrogens is 284 g/mol. The first-order chi connectivity index (χ1) is 10.3. The third kappa shape index (κ3) is 4.25. The van der Waals surface area contributed by atoms with E-state index in [1.54, 1.807) is 0 Å². The summed E-state index contributed by atoms with van der Waals surface area (Å²) in [5.74, 6) is 0.0635. The van der Waals surface area contributed by atoms with Crippen molar-refractivity contribution in [2.75, 3.05) is 25.0 Å². The number of amides is 1. The van der Waals surface area contributed by atoms with E-state index >= 15 is 0 Å². The minimum Gasteiger partial charge on any atom is -0.306 e. The number of thiazole rings is 1. The van der Waals surface area contributed by atoms with Crippen molar-refractivity contribution in [1.29, 1.82) is 0 Å². The molecule has 2 aliphatic heterocycles. The molecule has 0 aliphatic carbocycles. The maximum Gasteiger partial charge on any atom is 0.243 e. The van der Waals surface area contributed by atoms with E-state index in [9.17, 15) is 4.79 Å². The van der Waals surface area contributed by atoms with Crippen LogP contribution < -0.4 is 10.6 Å². The summed E-state index contributed by atoms with van der Waals surface area (Å²) >= 11 is 1.53. The zero-order valence-corrected chi connectivity index (χ0v) is 13.3. The number of aromatic nitrogens is 1. The van der Waals surface area contributed by atoms with E-state index in [1.165, 1.54) is 50.1 Å².